The van der Waals surface area contributed by atoms with Crippen LogP contribution in [0.3, 0.4) is 0 Å². The molecule has 7 heteroatoms. The van der Waals surface area contributed by atoms with Gasteiger partial charge < -0.3 is 10.7 Å². The first-order chi connectivity index (χ1) is 11.1. The highest BCUT2D eigenvalue weighted by Crippen LogP contribution is 2.31. The lowest BCUT2D eigenvalue weighted by Crippen LogP contribution is -2.09. The van der Waals surface area contributed by atoms with E-state index < -0.39 is 5.91 Å². The number of carbonyl (C=O) groups is 1. The smallest absolute Gasteiger partial charge is 0.259 e. The maximum absolute atomic E-state index is 12.3. The molecule has 0 saturated heterocycles. The molecule has 0 aliphatic carbocycles. The van der Waals surface area contributed by atoms with Crippen molar-refractivity contribution in [2.24, 2.45) is 5.73 Å². The molecule has 0 aromatic carbocycles. The van der Waals surface area contributed by atoms with Crippen molar-refractivity contribution in [3.63, 3.8) is 0 Å². The normalized spacial score (nSPS) is 11.4. The summed E-state index contributed by atoms with van der Waals surface area (Å²) in [5, 5.41) is 7.05. The fraction of sp³-hybridized carbons (Fsp3) is 0.312. The number of H-pyrrole nitrogens is 1. The van der Waals surface area contributed by atoms with Crippen molar-refractivity contribution in [2.45, 2.75) is 32.7 Å². The summed E-state index contributed by atoms with van der Waals surface area (Å²) in [4.78, 5) is 26.8. The second-order valence-corrected chi connectivity index (χ2v) is 6.31. The van der Waals surface area contributed by atoms with Crippen molar-refractivity contribution in [3.05, 3.63) is 38.9 Å². The van der Waals surface area contributed by atoms with E-state index in [0.717, 1.165) is 23.9 Å². The molecular formula is C16H18N4O2S. The van der Waals surface area contributed by atoms with Gasteiger partial charge in [0, 0.05) is 17.1 Å². The summed E-state index contributed by atoms with van der Waals surface area (Å²) >= 11 is 1.26. The number of rotatable bonds is 5. The lowest BCUT2D eigenvalue weighted by Gasteiger charge is -2.13. The van der Waals surface area contributed by atoms with Gasteiger partial charge in [-0.1, -0.05) is 13.8 Å². The number of pyridine rings is 1. The Hall–Kier alpha value is -2.41. The van der Waals surface area contributed by atoms with Gasteiger partial charge in [-0.25, -0.2) is 0 Å². The maximum Gasteiger partial charge on any atom is 0.259 e. The average molecular weight is 330 g/mol. The molecule has 23 heavy (non-hydrogen) atoms. The lowest BCUT2D eigenvalue weighted by atomic mass is 10.1. The zero-order valence-corrected chi connectivity index (χ0v) is 13.8. The predicted octanol–water partition coefficient (Wildman–Crippen LogP) is 2.91. The van der Waals surface area contributed by atoms with Gasteiger partial charge in [0.2, 0.25) is 0 Å². The molecule has 0 unspecified atom stereocenters. The Morgan fingerprint density at radius 2 is 2.17 bits per heavy atom. The third-order valence-corrected chi connectivity index (χ3v) is 4.98. The maximum atomic E-state index is 12.3. The minimum absolute atomic E-state index is 0.179. The van der Waals surface area contributed by atoms with Crippen molar-refractivity contribution < 1.29 is 4.79 Å². The highest BCUT2D eigenvalue weighted by molar-refractivity contribution is 7.12. The third-order valence-electron chi connectivity index (χ3n) is 4.03. The first kappa shape index (κ1) is 15.5. The first-order valence-corrected chi connectivity index (χ1v) is 8.43. The molecule has 3 rings (SSSR count). The predicted molar refractivity (Wildman–Crippen MR) is 91.8 cm³/mol. The van der Waals surface area contributed by atoms with E-state index in [0.29, 0.717) is 16.0 Å². The molecule has 0 saturated carbocycles. The van der Waals surface area contributed by atoms with Crippen LogP contribution in [-0.2, 0) is 0 Å². The van der Waals surface area contributed by atoms with E-state index in [1.165, 1.54) is 11.3 Å². The molecule has 0 spiro atoms. The Morgan fingerprint density at radius 3 is 2.78 bits per heavy atom. The molecule has 0 bridgehead atoms. The van der Waals surface area contributed by atoms with Crippen LogP contribution in [0.2, 0.25) is 0 Å². The summed E-state index contributed by atoms with van der Waals surface area (Å²) in [5.41, 5.74) is 7.29. The zero-order valence-electron chi connectivity index (χ0n) is 13.0. The number of primary amides is 1. The molecular weight excluding hydrogens is 312 g/mol. The molecule has 6 nitrogen and oxygen atoms in total. The minimum atomic E-state index is -0.473. The Morgan fingerprint density at radius 1 is 1.43 bits per heavy atom. The zero-order chi connectivity index (χ0) is 16.6. The molecule has 0 aliphatic heterocycles. The fourth-order valence-electron chi connectivity index (χ4n) is 2.80. The van der Waals surface area contributed by atoms with Crippen molar-refractivity contribution >= 4 is 28.1 Å². The molecule has 3 aromatic rings. The summed E-state index contributed by atoms with van der Waals surface area (Å²) in [5.74, 6) is -0.473. The minimum Gasteiger partial charge on any atom is -0.365 e. The van der Waals surface area contributed by atoms with E-state index in [-0.39, 0.29) is 11.6 Å². The van der Waals surface area contributed by atoms with E-state index in [2.05, 4.69) is 23.9 Å². The molecule has 0 radical (unpaired) electrons. The molecule has 3 N–H and O–H groups in total. The van der Waals surface area contributed by atoms with E-state index >= 15 is 0 Å². The van der Waals surface area contributed by atoms with Gasteiger partial charge in [-0.15, -0.1) is 11.3 Å². The van der Waals surface area contributed by atoms with Crippen LogP contribution in [-0.4, -0.2) is 20.7 Å². The van der Waals surface area contributed by atoms with Gasteiger partial charge in [0.05, 0.1) is 21.8 Å². The summed E-state index contributed by atoms with van der Waals surface area (Å²) in [6, 6.07) is 3.79. The first-order valence-electron chi connectivity index (χ1n) is 7.55. The topological polar surface area (TPSA) is 93.8 Å². The lowest BCUT2D eigenvalue weighted by molar-refractivity contribution is 0.100. The van der Waals surface area contributed by atoms with Crippen LogP contribution in [0.15, 0.2) is 28.5 Å². The van der Waals surface area contributed by atoms with Crippen molar-refractivity contribution in [2.75, 3.05) is 0 Å². The van der Waals surface area contributed by atoms with Crippen LogP contribution in [0, 0.1) is 0 Å². The molecule has 0 aliphatic rings. The number of nitrogens with two attached hydrogens (primary N) is 1. The summed E-state index contributed by atoms with van der Waals surface area (Å²) in [7, 11) is 0. The number of carbonyl (C=O) groups excluding carboxylic acids is 1. The molecule has 3 aromatic heterocycles. The fourth-order valence-corrected chi connectivity index (χ4v) is 3.55. The van der Waals surface area contributed by atoms with Gasteiger partial charge in [-0.05, 0) is 25.0 Å². The van der Waals surface area contributed by atoms with Gasteiger partial charge in [-0.3, -0.25) is 14.3 Å². The van der Waals surface area contributed by atoms with Crippen LogP contribution >= 0.6 is 11.3 Å². The van der Waals surface area contributed by atoms with Crippen molar-refractivity contribution in [3.8, 4) is 11.3 Å². The van der Waals surface area contributed by atoms with Crippen LogP contribution in [0.4, 0.5) is 0 Å². The quantitative estimate of drug-likeness (QED) is 0.753. The molecule has 0 atom stereocenters. The largest absolute Gasteiger partial charge is 0.365 e. The highest BCUT2D eigenvalue weighted by Gasteiger charge is 2.20. The average Bonchev–Trinajstić information content (AvgIpc) is 3.14. The van der Waals surface area contributed by atoms with Crippen LogP contribution in [0.5, 0.6) is 0 Å². The summed E-state index contributed by atoms with van der Waals surface area (Å²) in [6.45, 7) is 4.20. The number of fused-ring (bicyclic) bond motifs is 1. The number of nitrogens with zero attached hydrogens (tertiary/aromatic N) is 2. The second-order valence-electron chi connectivity index (χ2n) is 5.39. The third kappa shape index (κ3) is 2.57. The summed E-state index contributed by atoms with van der Waals surface area (Å²) < 4.78 is 1.92. The van der Waals surface area contributed by atoms with Gasteiger partial charge in [0.15, 0.2) is 0 Å². The number of thiophene rings is 1. The Labute approximate surface area is 136 Å². The van der Waals surface area contributed by atoms with Gasteiger partial charge >= 0.3 is 0 Å². The number of nitrogens with one attached hydrogen (secondary N) is 1. The Balaban J connectivity index is 2.28. The number of hydrogen-bond acceptors (Lipinski definition) is 4. The molecule has 0 fully saturated rings. The van der Waals surface area contributed by atoms with E-state index in [1.807, 2.05) is 16.1 Å². The SMILES string of the molecule is CCC(CC)n1nc(-c2csc(C(N)=O)c2)c2c(=O)[nH]ccc21. The van der Waals surface area contributed by atoms with E-state index in [1.54, 1.807) is 12.3 Å². The number of amides is 1. The molecule has 3 heterocycles. The Bertz CT molecular complexity index is 918. The standard InChI is InChI=1S/C16H18N4O2S/c1-3-10(4-2)20-11-5-6-18-16(22)13(11)14(19-20)9-7-12(15(17)21)23-8-9/h5-8,10H,3-4H2,1-2H3,(H2,17,21)(H,18,22). The monoisotopic (exact) mass is 330 g/mol. The Kier molecular flexibility index (Phi) is 4.04. The van der Waals surface area contributed by atoms with Crippen LogP contribution < -0.4 is 11.3 Å². The highest BCUT2D eigenvalue weighted by atomic mass is 32.1. The molecule has 1 amide bonds. The number of aromatic nitrogens is 3. The van der Waals surface area contributed by atoms with Gasteiger partial charge in [-0.2, -0.15) is 5.10 Å². The van der Waals surface area contributed by atoms with Crippen molar-refractivity contribution in [1.29, 1.82) is 0 Å². The van der Waals surface area contributed by atoms with Crippen LogP contribution in [0.1, 0.15) is 42.4 Å². The van der Waals surface area contributed by atoms with Crippen LogP contribution in [0.25, 0.3) is 22.2 Å². The molecule has 120 valence electrons. The van der Waals surface area contributed by atoms with E-state index in [4.69, 9.17) is 5.73 Å². The second kappa shape index (κ2) is 6.00. The summed E-state index contributed by atoms with van der Waals surface area (Å²) in [6.07, 6.45) is 3.49. The van der Waals surface area contributed by atoms with Gasteiger partial charge in [0.25, 0.3) is 11.5 Å². The number of aromatic amines is 1. The number of hydrogen-bond donors (Lipinski definition) is 2. The van der Waals surface area contributed by atoms with Crippen molar-refractivity contribution in [1.82, 2.24) is 14.8 Å². The van der Waals surface area contributed by atoms with E-state index in [9.17, 15) is 9.59 Å². The van der Waals surface area contributed by atoms with Gasteiger partial charge in [0.1, 0.15) is 5.69 Å².